The van der Waals surface area contributed by atoms with Crippen molar-refractivity contribution in [2.45, 2.75) is 19.4 Å². The molecule has 2 aromatic rings. The summed E-state index contributed by atoms with van der Waals surface area (Å²) in [6, 6.07) is 7.79. The van der Waals surface area contributed by atoms with Crippen LogP contribution in [-0.4, -0.2) is 82.3 Å². The maximum atomic E-state index is 12.8. The molecule has 2 fully saturated rings. The molecule has 2 saturated heterocycles. The Kier molecular flexibility index (Phi) is 6.70. The summed E-state index contributed by atoms with van der Waals surface area (Å²) >= 11 is 0. The molecule has 9 nitrogen and oxygen atoms in total. The highest BCUT2D eigenvalue weighted by molar-refractivity contribution is 5.83. The fourth-order valence-corrected chi connectivity index (χ4v) is 3.97. The van der Waals surface area contributed by atoms with Crippen molar-refractivity contribution in [3.63, 3.8) is 0 Å². The van der Waals surface area contributed by atoms with Crippen molar-refractivity contribution in [3.05, 3.63) is 42.5 Å². The average molecular weight is 412 g/mol. The molecule has 3 heterocycles. The van der Waals surface area contributed by atoms with E-state index >= 15 is 0 Å². The van der Waals surface area contributed by atoms with Gasteiger partial charge in [0.15, 0.2) is 0 Å². The minimum absolute atomic E-state index is 0.00716. The van der Waals surface area contributed by atoms with Gasteiger partial charge in [0.05, 0.1) is 24.8 Å². The smallest absolute Gasteiger partial charge is 0.225 e. The molecule has 1 aromatic heterocycles. The largest absolute Gasteiger partial charge is 0.379 e. The second-order valence-corrected chi connectivity index (χ2v) is 7.72. The molecule has 1 aromatic carbocycles. The zero-order valence-electron chi connectivity index (χ0n) is 17.1. The van der Waals surface area contributed by atoms with E-state index in [0.29, 0.717) is 32.5 Å². The minimum atomic E-state index is -0.175. The zero-order valence-corrected chi connectivity index (χ0v) is 17.1. The third-order valence-corrected chi connectivity index (χ3v) is 5.77. The number of carbonyl (C=O) groups excluding carboxylic acids is 2. The Labute approximate surface area is 176 Å². The van der Waals surface area contributed by atoms with Crippen LogP contribution in [0.3, 0.4) is 0 Å². The van der Waals surface area contributed by atoms with Gasteiger partial charge in [0.1, 0.15) is 12.7 Å². The Morgan fingerprint density at radius 1 is 1.20 bits per heavy atom. The van der Waals surface area contributed by atoms with Gasteiger partial charge in [0.2, 0.25) is 11.8 Å². The van der Waals surface area contributed by atoms with Gasteiger partial charge in [-0.2, -0.15) is 5.10 Å². The predicted molar refractivity (Wildman–Crippen MR) is 110 cm³/mol. The molecule has 0 aliphatic carbocycles. The van der Waals surface area contributed by atoms with Crippen molar-refractivity contribution in [1.82, 2.24) is 29.9 Å². The van der Waals surface area contributed by atoms with Gasteiger partial charge in [-0.05, 0) is 18.1 Å². The standard InChI is InChI=1S/C21H28N6O3/c28-20-6-5-18(14-26(20)8-7-25-9-11-30-12-10-25)21(29)23-13-17-3-1-2-4-19(17)27-16-22-15-24-27/h1-4,15-16,18H,5-14H2,(H,23,29)/t18-/m1/s1. The maximum absolute atomic E-state index is 12.8. The number of nitrogens with zero attached hydrogens (tertiary/aromatic N) is 5. The molecule has 0 unspecified atom stereocenters. The fraction of sp³-hybridized carbons (Fsp3) is 0.524. The van der Waals surface area contributed by atoms with Crippen LogP contribution in [0, 0.1) is 5.92 Å². The van der Waals surface area contributed by atoms with Gasteiger partial charge in [-0.15, -0.1) is 0 Å². The maximum Gasteiger partial charge on any atom is 0.225 e. The number of benzene rings is 1. The number of hydrogen-bond donors (Lipinski definition) is 1. The second kappa shape index (κ2) is 9.82. The van der Waals surface area contributed by atoms with Crippen LogP contribution in [0.4, 0.5) is 0 Å². The van der Waals surface area contributed by atoms with E-state index in [1.807, 2.05) is 29.2 Å². The van der Waals surface area contributed by atoms with Gasteiger partial charge < -0.3 is 15.0 Å². The molecule has 160 valence electrons. The third kappa shape index (κ3) is 5.03. The lowest BCUT2D eigenvalue weighted by Gasteiger charge is -2.34. The van der Waals surface area contributed by atoms with Crippen LogP contribution in [-0.2, 0) is 20.9 Å². The van der Waals surface area contributed by atoms with Gasteiger partial charge in [0.25, 0.3) is 0 Å². The molecule has 4 rings (SSSR count). The Balaban J connectivity index is 1.31. The molecule has 0 radical (unpaired) electrons. The van der Waals surface area contributed by atoms with Crippen LogP contribution in [0.5, 0.6) is 0 Å². The Hall–Kier alpha value is -2.78. The van der Waals surface area contributed by atoms with Gasteiger partial charge in [-0.1, -0.05) is 18.2 Å². The first kappa shape index (κ1) is 20.5. The fourth-order valence-electron chi connectivity index (χ4n) is 3.97. The number of morpholine rings is 1. The van der Waals surface area contributed by atoms with E-state index in [0.717, 1.165) is 44.1 Å². The molecule has 2 aliphatic rings. The normalized spacial score (nSPS) is 20.3. The number of hydrogen-bond acceptors (Lipinski definition) is 6. The zero-order chi connectivity index (χ0) is 20.8. The Bertz CT molecular complexity index is 850. The monoisotopic (exact) mass is 412 g/mol. The van der Waals surface area contributed by atoms with Crippen molar-refractivity contribution in [1.29, 1.82) is 0 Å². The summed E-state index contributed by atoms with van der Waals surface area (Å²) in [6.07, 6.45) is 4.15. The van der Waals surface area contributed by atoms with Crippen LogP contribution >= 0.6 is 0 Å². The van der Waals surface area contributed by atoms with Gasteiger partial charge in [-0.3, -0.25) is 14.5 Å². The van der Waals surface area contributed by atoms with E-state index in [9.17, 15) is 9.59 Å². The van der Waals surface area contributed by atoms with E-state index in [1.165, 1.54) is 6.33 Å². The first-order valence-corrected chi connectivity index (χ1v) is 10.5. The topological polar surface area (TPSA) is 92.6 Å². The van der Waals surface area contributed by atoms with Crippen LogP contribution in [0.25, 0.3) is 5.69 Å². The number of aromatic nitrogens is 3. The van der Waals surface area contributed by atoms with Gasteiger partial charge in [0, 0.05) is 45.7 Å². The molecule has 2 aliphatic heterocycles. The van der Waals surface area contributed by atoms with Crippen LogP contribution in [0.15, 0.2) is 36.9 Å². The average Bonchev–Trinajstić information content (AvgIpc) is 3.32. The summed E-state index contributed by atoms with van der Waals surface area (Å²) in [4.78, 5) is 33.3. The summed E-state index contributed by atoms with van der Waals surface area (Å²) in [6.45, 7) is 5.68. The van der Waals surface area contributed by atoms with Crippen molar-refractivity contribution in [2.24, 2.45) is 5.92 Å². The number of carbonyl (C=O) groups is 2. The predicted octanol–water partition coefficient (Wildman–Crippen LogP) is 0.454. The van der Waals surface area contributed by atoms with E-state index in [-0.39, 0.29) is 17.7 Å². The molecule has 2 amide bonds. The number of piperidine rings is 1. The Morgan fingerprint density at radius 2 is 2.03 bits per heavy atom. The number of nitrogens with one attached hydrogen (secondary N) is 1. The molecule has 0 saturated carbocycles. The summed E-state index contributed by atoms with van der Waals surface area (Å²) in [7, 11) is 0. The van der Waals surface area contributed by atoms with Crippen molar-refractivity contribution in [3.8, 4) is 5.69 Å². The van der Waals surface area contributed by atoms with Crippen molar-refractivity contribution in [2.75, 3.05) is 45.9 Å². The lowest BCUT2D eigenvalue weighted by atomic mass is 9.96. The molecule has 30 heavy (non-hydrogen) atoms. The van der Waals surface area contributed by atoms with Gasteiger partial charge >= 0.3 is 0 Å². The first-order valence-electron chi connectivity index (χ1n) is 10.5. The van der Waals surface area contributed by atoms with Crippen LogP contribution in [0.2, 0.25) is 0 Å². The van der Waals surface area contributed by atoms with Crippen LogP contribution < -0.4 is 5.32 Å². The number of ether oxygens (including phenoxy) is 1. The second-order valence-electron chi connectivity index (χ2n) is 7.72. The van der Waals surface area contributed by atoms with Gasteiger partial charge in [-0.25, -0.2) is 9.67 Å². The SMILES string of the molecule is O=C(NCc1ccccc1-n1cncn1)[C@@H]1CCC(=O)N(CCN2CCOCC2)C1. The molecular formula is C21H28N6O3. The van der Waals surface area contributed by atoms with E-state index in [4.69, 9.17) is 4.74 Å². The van der Waals surface area contributed by atoms with E-state index in [1.54, 1.807) is 11.0 Å². The summed E-state index contributed by atoms with van der Waals surface area (Å²) < 4.78 is 7.06. The summed E-state index contributed by atoms with van der Waals surface area (Å²) in [5, 5.41) is 7.22. The molecular weight excluding hydrogens is 384 g/mol. The highest BCUT2D eigenvalue weighted by Gasteiger charge is 2.30. The number of para-hydroxylation sites is 1. The summed E-state index contributed by atoms with van der Waals surface area (Å²) in [5.74, 6) is -0.0398. The molecule has 1 atom stereocenters. The molecule has 9 heteroatoms. The number of rotatable bonds is 7. The van der Waals surface area contributed by atoms with Crippen molar-refractivity contribution >= 4 is 11.8 Å². The Morgan fingerprint density at radius 3 is 2.83 bits per heavy atom. The first-order chi connectivity index (χ1) is 14.7. The molecule has 0 bridgehead atoms. The molecule has 1 N–H and O–H groups in total. The number of likely N-dealkylation sites (tertiary alicyclic amines) is 1. The van der Waals surface area contributed by atoms with E-state index in [2.05, 4.69) is 20.3 Å². The minimum Gasteiger partial charge on any atom is -0.379 e. The quantitative estimate of drug-likeness (QED) is 0.710. The third-order valence-electron chi connectivity index (χ3n) is 5.77. The number of amides is 2. The molecule has 0 spiro atoms. The van der Waals surface area contributed by atoms with Crippen molar-refractivity contribution < 1.29 is 14.3 Å². The van der Waals surface area contributed by atoms with E-state index < -0.39 is 0 Å². The lowest BCUT2D eigenvalue weighted by molar-refractivity contribution is -0.138. The highest BCUT2D eigenvalue weighted by atomic mass is 16.5. The highest BCUT2D eigenvalue weighted by Crippen LogP contribution is 2.19. The van der Waals surface area contributed by atoms with Crippen LogP contribution in [0.1, 0.15) is 18.4 Å². The lowest BCUT2D eigenvalue weighted by Crippen LogP contribution is -2.49. The summed E-state index contributed by atoms with van der Waals surface area (Å²) in [5.41, 5.74) is 1.86.